The molecule has 0 spiro atoms. The summed E-state index contributed by atoms with van der Waals surface area (Å²) in [6, 6.07) is 8.50. The molecule has 1 unspecified atom stereocenters. The van der Waals surface area contributed by atoms with Crippen LogP contribution in [-0.2, 0) is 21.4 Å². The summed E-state index contributed by atoms with van der Waals surface area (Å²) in [4.78, 5) is 10.7. The Balaban J connectivity index is 2.07. The third-order valence-corrected chi connectivity index (χ3v) is 4.58. The Labute approximate surface area is 122 Å². The summed E-state index contributed by atoms with van der Waals surface area (Å²) in [5.41, 5.74) is 1.28. The van der Waals surface area contributed by atoms with Crippen molar-refractivity contribution in [1.82, 2.24) is 9.78 Å². The van der Waals surface area contributed by atoms with E-state index >= 15 is 0 Å². The van der Waals surface area contributed by atoms with Crippen LogP contribution in [0.15, 0.2) is 42.7 Å². The molecule has 0 saturated heterocycles. The maximum absolute atomic E-state index is 11.8. The van der Waals surface area contributed by atoms with Crippen LogP contribution >= 0.6 is 0 Å². The van der Waals surface area contributed by atoms with Gasteiger partial charge >= 0.3 is 5.97 Å². The summed E-state index contributed by atoms with van der Waals surface area (Å²) in [5.74, 6) is -1.39. The lowest BCUT2D eigenvalue weighted by atomic mass is 10.2. The lowest BCUT2D eigenvalue weighted by Gasteiger charge is -2.11. The highest BCUT2D eigenvalue weighted by Crippen LogP contribution is 2.14. The number of carbonyl (C=O) groups is 1. The fourth-order valence-electron chi connectivity index (χ4n) is 1.64. The van der Waals surface area contributed by atoms with E-state index in [1.807, 2.05) is 12.3 Å². The second-order valence-corrected chi connectivity index (χ2v) is 6.53. The molecule has 112 valence electrons. The molecular weight excluding hydrogens is 294 g/mol. The molecule has 2 N–H and O–H groups in total. The number of aromatic nitrogens is 2. The summed E-state index contributed by atoms with van der Waals surface area (Å²) in [6.45, 7) is 1.70. The maximum Gasteiger partial charge on any atom is 0.323 e. The molecule has 2 rings (SSSR count). The van der Waals surface area contributed by atoms with Crippen LogP contribution in [0.3, 0.4) is 0 Å². The van der Waals surface area contributed by atoms with Gasteiger partial charge in [0.25, 0.3) is 0 Å². The van der Waals surface area contributed by atoms with E-state index in [0.717, 1.165) is 12.5 Å². The normalized spacial score (nSPS) is 12.8. The maximum atomic E-state index is 11.8. The van der Waals surface area contributed by atoms with Crippen molar-refractivity contribution in [2.24, 2.45) is 0 Å². The summed E-state index contributed by atoms with van der Waals surface area (Å²) in [7, 11) is -3.94. The fourth-order valence-corrected chi connectivity index (χ4v) is 2.55. The smallest absolute Gasteiger partial charge is 0.323 e. The van der Waals surface area contributed by atoms with Gasteiger partial charge in [0.15, 0.2) is 5.25 Å². The van der Waals surface area contributed by atoms with Crippen LogP contribution in [0, 0.1) is 0 Å². The summed E-state index contributed by atoms with van der Waals surface area (Å²) in [5, 5.41) is 11.3. The highest BCUT2D eigenvalue weighted by molar-refractivity contribution is 7.94. The van der Waals surface area contributed by atoms with Gasteiger partial charge in [-0.05, 0) is 30.7 Å². The van der Waals surface area contributed by atoms with Gasteiger partial charge in [-0.1, -0.05) is 12.1 Å². The van der Waals surface area contributed by atoms with Crippen molar-refractivity contribution in [2.75, 3.05) is 4.72 Å². The molecule has 1 atom stereocenters. The number of anilines is 1. The minimum Gasteiger partial charge on any atom is -0.480 e. The summed E-state index contributed by atoms with van der Waals surface area (Å²) in [6.07, 6.45) is 3.50. The Morgan fingerprint density at radius 2 is 2.05 bits per heavy atom. The lowest BCUT2D eigenvalue weighted by molar-refractivity contribution is -0.136. The molecule has 0 saturated carbocycles. The zero-order valence-corrected chi connectivity index (χ0v) is 12.1. The minimum absolute atomic E-state index is 0.326. The first-order chi connectivity index (χ1) is 9.88. The molecule has 0 radical (unpaired) electrons. The summed E-state index contributed by atoms with van der Waals surface area (Å²) >= 11 is 0. The van der Waals surface area contributed by atoms with Crippen molar-refractivity contribution < 1.29 is 18.3 Å². The van der Waals surface area contributed by atoms with E-state index in [-0.39, 0.29) is 0 Å². The predicted molar refractivity (Wildman–Crippen MR) is 77.4 cm³/mol. The van der Waals surface area contributed by atoms with Gasteiger partial charge in [-0.15, -0.1) is 0 Å². The van der Waals surface area contributed by atoms with Crippen molar-refractivity contribution in [3.8, 4) is 0 Å². The van der Waals surface area contributed by atoms with Crippen molar-refractivity contribution >= 4 is 21.7 Å². The molecule has 1 aromatic carbocycles. The van der Waals surface area contributed by atoms with Gasteiger partial charge in [-0.3, -0.25) is 14.2 Å². The van der Waals surface area contributed by atoms with Crippen LogP contribution in [-0.4, -0.2) is 34.5 Å². The average molecular weight is 309 g/mol. The first kappa shape index (κ1) is 15.0. The number of carboxylic acids is 1. The number of rotatable bonds is 6. The predicted octanol–water partition coefficient (Wildman–Crippen LogP) is 1.15. The van der Waals surface area contributed by atoms with Crippen LogP contribution in [0.1, 0.15) is 12.5 Å². The van der Waals surface area contributed by atoms with Crippen LogP contribution in [0.25, 0.3) is 0 Å². The number of hydrogen-bond acceptors (Lipinski definition) is 4. The standard InChI is InChI=1S/C13H15N3O4S/c1-10(13(17)18)21(19,20)15-12-5-3-11(4-6-12)9-16-8-2-7-14-16/h2-8,10,15H,9H2,1H3,(H,17,18). The molecule has 7 nitrogen and oxygen atoms in total. The van der Waals surface area contributed by atoms with Crippen molar-refractivity contribution in [2.45, 2.75) is 18.7 Å². The molecule has 8 heteroatoms. The number of hydrogen-bond donors (Lipinski definition) is 2. The summed E-state index contributed by atoms with van der Waals surface area (Å²) < 4.78 is 27.5. The number of nitrogens with zero attached hydrogens (tertiary/aromatic N) is 2. The van der Waals surface area contributed by atoms with Crippen LogP contribution < -0.4 is 4.72 Å². The lowest BCUT2D eigenvalue weighted by Crippen LogP contribution is -2.32. The Kier molecular flexibility index (Phi) is 4.27. The van der Waals surface area contributed by atoms with E-state index in [2.05, 4.69) is 9.82 Å². The molecular formula is C13H15N3O4S. The van der Waals surface area contributed by atoms with E-state index in [0.29, 0.717) is 12.2 Å². The largest absolute Gasteiger partial charge is 0.480 e. The molecule has 1 heterocycles. The van der Waals surface area contributed by atoms with Crippen molar-refractivity contribution in [3.63, 3.8) is 0 Å². The number of carboxylic acid groups (broad SMARTS) is 1. The number of aliphatic carboxylic acids is 1. The van der Waals surface area contributed by atoms with Gasteiger partial charge in [0.05, 0.1) is 6.54 Å². The van der Waals surface area contributed by atoms with Gasteiger partial charge in [0, 0.05) is 18.1 Å². The molecule has 1 aromatic heterocycles. The molecule has 0 aliphatic carbocycles. The molecule has 0 fully saturated rings. The van der Waals surface area contributed by atoms with E-state index in [4.69, 9.17) is 5.11 Å². The van der Waals surface area contributed by atoms with Crippen LogP contribution in [0.4, 0.5) is 5.69 Å². The zero-order chi connectivity index (χ0) is 15.5. The highest BCUT2D eigenvalue weighted by atomic mass is 32.2. The third kappa shape index (κ3) is 3.82. The number of sulfonamides is 1. The Morgan fingerprint density at radius 3 is 2.57 bits per heavy atom. The molecule has 21 heavy (non-hydrogen) atoms. The van der Waals surface area contributed by atoms with Gasteiger partial charge in [-0.25, -0.2) is 8.42 Å². The monoisotopic (exact) mass is 309 g/mol. The van der Waals surface area contributed by atoms with Gasteiger partial charge in [-0.2, -0.15) is 5.10 Å². The van der Waals surface area contributed by atoms with E-state index in [9.17, 15) is 13.2 Å². The minimum atomic E-state index is -3.94. The molecule has 0 amide bonds. The average Bonchev–Trinajstić information content (AvgIpc) is 2.92. The van der Waals surface area contributed by atoms with Gasteiger partial charge in [0.1, 0.15) is 0 Å². The number of benzene rings is 1. The highest BCUT2D eigenvalue weighted by Gasteiger charge is 2.27. The second kappa shape index (κ2) is 5.96. The molecule has 2 aromatic rings. The first-order valence-electron chi connectivity index (χ1n) is 6.19. The van der Waals surface area contributed by atoms with E-state index in [1.54, 1.807) is 35.1 Å². The van der Waals surface area contributed by atoms with Crippen molar-refractivity contribution in [3.05, 3.63) is 48.3 Å². The van der Waals surface area contributed by atoms with Crippen molar-refractivity contribution in [1.29, 1.82) is 0 Å². The molecule has 0 aliphatic rings. The first-order valence-corrected chi connectivity index (χ1v) is 7.74. The van der Waals surface area contributed by atoms with Gasteiger partial charge in [0.2, 0.25) is 10.0 Å². The van der Waals surface area contributed by atoms with E-state index < -0.39 is 21.2 Å². The Bertz CT molecular complexity index is 708. The molecule has 0 aliphatic heterocycles. The SMILES string of the molecule is CC(C(=O)O)S(=O)(=O)Nc1ccc(Cn2cccn2)cc1. The van der Waals surface area contributed by atoms with E-state index in [1.165, 1.54) is 0 Å². The number of nitrogens with one attached hydrogen (secondary N) is 1. The zero-order valence-electron chi connectivity index (χ0n) is 11.3. The molecule has 0 bridgehead atoms. The quantitative estimate of drug-likeness (QED) is 0.833. The van der Waals surface area contributed by atoms with Crippen LogP contribution in [0.5, 0.6) is 0 Å². The van der Waals surface area contributed by atoms with Gasteiger partial charge < -0.3 is 5.11 Å². The third-order valence-electron chi connectivity index (χ3n) is 2.93. The topological polar surface area (TPSA) is 101 Å². The Hall–Kier alpha value is -2.35. The fraction of sp³-hybridized carbons (Fsp3) is 0.231. The Morgan fingerprint density at radius 1 is 1.38 bits per heavy atom. The second-order valence-electron chi connectivity index (χ2n) is 4.53. The van der Waals surface area contributed by atoms with Crippen LogP contribution in [0.2, 0.25) is 0 Å².